The maximum atomic E-state index is 12.3. The average molecular weight is 442 g/mol. The Morgan fingerprint density at radius 1 is 1.28 bits per heavy atom. The Hall–Kier alpha value is -2.21. The smallest absolute Gasteiger partial charge is 0.234 e. The number of pyridine rings is 1. The molecule has 0 spiro atoms. The molecular weight excluding hydrogens is 406 g/mol. The summed E-state index contributed by atoms with van der Waals surface area (Å²) in [6, 6.07) is 2.45. The monoisotopic (exact) mass is 441 g/mol. The molecule has 1 atom stereocenters. The maximum Gasteiger partial charge on any atom is 0.234 e. The molecule has 1 amide bonds. The fourth-order valence-corrected chi connectivity index (χ4v) is 4.87. The summed E-state index contributed by atoms with van der Waals surface area (Å²) >= 11 is 0. The van der Waals surface area contributed by atoms with Crippen LogP contribution in [0.15, 0.2) is 0 Å². The SMILES string of the molecule is CCc1nc(N2CCN(CC(=O)NC[C@H]3CCCO3)CC2)c(C#N)c2c1COC(C)(C)C2. The predicted molar refractivity (Wildman–Crippen MR) is 122 cm³/mol. The average Bonchev–Trinajstić information content (AvgIpc) is 3.30. The Morgan fingerprint density at radius 2 is 2.06 bits per heavy atom. The van der Waals surface area contributed by atoms with E-state index in [1.807, 2.05) is 0 Å². The van der Waals surface area contributed by atoms with E-state index in [9.17, 15) is 10.1 Å². The van der Waals surface area contributed by atoms with Crippen molar-refractivity contribution in [2.24, 2.45) is 0 Å². The molecule has 0 radical (unpaired) electrons. The quantitative estimate of drug-likeness (QED) is 0.720. The first kappa shape index (κ1) is 23.0. The molecule has 0 aliphatic carbocycles. The van der Waals surface area contributed by atoms with Crippen molar-refractivity contribution < 1.29 is 14.3 Å². The number of carbonyl (C=O) groups is 1. The molecule has 4 heterocycles. The second-order valence-electron chi connectivity index (χ2n) is 9.61. The number of piperazine rings is 1. The van der Waals surface area contributed by atoms with E-state index in [0.717, 1.165) is 81.1 Å². The lowest BCUT2D eigenvalue weighted by atomic mass is 9.87. The lowest BCUT2D eigenvalue weighted by Crippen LogP contribution is -2.50. The molecule has 1 aromatic heterocycles. The molecule has 4 rings (SSSR count). The number of anilines is 1. The predicted octanol–water partition coefficient (Wildman–Crippen LogP) is 1.78. The molecule has 174 valence electrons. The second-order valence-corrected chi connectivity index (χ2v) is 9.61. The number of carbonyl (C=O) groups excluding carboxylic acids is 1. The molecule has 8 nitrogen and oxygen atoms in total. The first-order chi connectivity index (χ1) is 15.4. The van der Waals surface area contributed by atoms with Crippen molar-refractivity contribution in [1.29, 1.82) is 5.26 Å². The van der Waals surface area contributed by atoms with Gasteiger partial charge in [0.15, 0.2) is 0 Å². The summed E-state index contributed by atoms with van der Waals surface area (Å²) in [5, 5.41) is 13.0. The zero-order chi connectivity index (χ0) is 22.7. The van der Waals surface area contributed by atoms with Crippen molar-refractivity contribution >= 4 is 11.7 Å². The van der Waals surface area contributed by atoms with Crippen LogP contribution in [0, 0.1) is 11.3 Å². The highest BCUT2D eigenvalue weighted by atomic mass is 16.5. The molecular formula is C24H35N5O3. The molecule has 3 aliphatic rings. The number of nitrogens with one attached hydrogen (secondary N) is 1. The van der Waals surface area contributed by atoms with E-state index in [2.05, 4.69) is 42.0 Å². The lowest BCUT2D eigenvalue weighted by molar-refractivity contribution is -0.122. The van der Waals surface area contributed by atoms with Gasteiger partial charge < -0.3 is 19.7 Å². The van der Waals surface area contributed by atoms with Gasteiger partial charge in [0.2, 0.25) is 5.91 Å². The van der Waals surface area contributed by atoms with Gasteiger partial charge in [-0.05, 0) is 38.7 Å². The van der Waals surface area contributed by atoms with Crippen LogP contribution >= 0.6 is 0 Å². The van der Waals surface area contributed by atoms with Crippen LogP contribution in [0.1, 0.15) is 56.0 Å². The minimum Gasteiger partial charge on any atom is -0.376 e. The van der Waals surface area contributed by atoms with Crippen molar-refractivity contribution in [3.63, 3.8) is 0 Å². The highest BCUT2D eigenvalue weighted by Gasteiger charge is 2.33. The van der Waals surface area contributed by atoms with Crippen molar-refractivity contribution in [2.75, 3.05) is 50.8 Å². The number of aryl methyl sites for hydroxylation is 1. The van der Waals surface area contributed by atoms with E-state index < -0.39 is 0 Å². The first-order valence-corrected chi connectivity index (χ1v) is 11.8. The van der Waals surface area contributed by atoms with Crippen LogP contribution < -0.4 is 10.2 Å². The Kier molecular flexibility index (Phi) is 6.99. The van der Waals surface area contributed by atoms with Gasteiger partial charge in [0.05, 0.1) is 30.4 Å². The minimum atomic E-state index is -0.280. The largest absolute Gasteiger partial charge is 0.376 e. The summed E-state index contributed by atoms with van der Waals surface area (Å²) in [5.74, 6) is 0.845. The summed E-state index contributed by atoms with van der Waals surface area (Å²) in [6.45, 7) is 11.6. The topological polar surface area (TPSA) is 90.7 Å². The lowest BCUT2D eigenvalue weighted by Gasteiger charge is -2.38. The van der Waals surface area contributed by atoms with E-state index in [1.165, 1.54) is 0 Å². The van der Waals surface area contributed by atoms with Gasteiger partial charge >= 0.3 is 0 Å². The number of rotatable bonds is 6. The number of fused-ring (bicyclic) bond motifs is 1. The number of hydrogen-bond acceptors (Lipinski definition) is 7. The Morgan fingerprint density at radius 3 is 2.72 bits per heavy atom. The minimum absolute atomic E-state index is 0.0501. The molecule has 32 heavy (non-hydrogen) atoms. The third-order valence-electron chi connectivity index (χ3n) is 6.73. The third kappa shape index (κ3) is 5.06. The molecule has 1 N–H and O–H groups in total. The Balaban J connectivity index is 1.41. The zero-order valence-corrected chi connectivity index (χ0v) is 19.6. The standard InChI is InChI=1S/C24H35N5O3/c1-4-21-20-16-32-24(2,3)12-18(20)19(13-25)23(27-21)29-9-7-28(8-10-29)15-22(30)26-14-17-6-5-11-31-17/h17H,4-12,14-16H2,1-3H3,(H,26,30)/t17-/m1/s1. The summed E-state index contributed by atoms with van der Waals surface area (Å²) in [5.41, 5.74) is 3.63. The highest BCUT2D eigenvalue weighted by molar-refractivity contribution is 5.78. The molecule has 2 fully saturated rings. The van der Waals surface area contributed by atoms with Crippen molar-refractivity contribution in [3.8, 4) is 6.07 Å². The van der Waals surface area contributed by atoms with Crippen LogP contribution in [0.4, 0.5) is 5.82 Å². The van der Waals surface area contributed by atoms with Crippen LogP contribution in [0.3, 0.4) is 0 Å². The van der Waals surface area contributed by atoms with Gasteiger partial charge in [0, 0.05) is 57.0 Å². The van der Waals surface area contributed by atoms with E-state index in [1.54, 1.807) is 0 Å². The fraction of sp³-hybridized carbons (Fsp3) is 0.708. The van der Waals surface area contributed by atoms with Gasteiger partial charge in [-0.1, -0.05) is 6.92 Å². The number of nitriles is 1. The van der Waals surface area contributed by atoms with Crippen molar-refractivity contribution in [2.45, 2.75) is 64.8 Å². The summed E-state index contributed by atoms with van der Waals surface area (Å²) < 4.78 is 11.6. The van der Waals surface area contributed by atoms with Crippen LogP contribution in [0.2, 0.25) is 0 Å². The second kappa shape index (κ2) is 9.74. The van der Waals surface area contributed by atoms with Gasteiger partial charge in [-0.15, -0.1) is 0 Å². The van der Waals surface area contributed by atoms with E-state index in [4.69, 9.17) is 14.5 Å². The number of ether oxygens (including phenoxy) is 2. The molecule has 0 unspecified atom stereocenters. The molecule has 8 heteroatoms. The first-order valence-electron chi connectivity index (χ1n) is 11.8. The van der Waals surface area contributed by atoms with Crippen molar-refractivity contribution in [3.05, 3.63) is 22.4 Å². The molecule has 0 saturated carbocycles. The number of aromatic nitrogens is 1. The molecule has 0 bridgehead atoms. The Bertz CT molecular complexity index is 881. The van der Waals surface area contributed by atoms with Crippen molar-refractivity contribution in [1.82, 2.24) is 15.2 Å². The molecule has 0 aromatic carbocycles. The molecule has 1 aromatic rings. The van der Waals surface area contributed by atoms with Crippen LogP contribution in [0.25, 0.3) is 0 Å². The van der Waals surface area contributed by atoms with Gasteiger partial charge in [0.25, 0.3) is 0 Å². The van der Waals surface area contributed by atoms with Gasteiger partial charge in [0.1, 0.15) is 11.9 Å². The van der Waals surface area contributed by atoms with E-state index >= 15 is 0 Å². The van der Waals surface area contributed by atoms with Gasteiger partial charge in [-0.2, -0.15) is 5.26 Å². The van der Waals surface area contributed by atoms with Crippen LogP contribution in [-0.4, -0.2) is 73.4 Å². The van der Waals surface area contributed by atoms with E-state index in [0.29, 0.717) is 25.3 Å². The highest BCUT2D eigenvalue weighted by Crippen LogP contribution is 2.35. The molecule has 2 saturated heterocycles. The fourth-order valence-electron chi connectivity index (χ4n) is 4.87. The molecule has 3 aliphatic heterocycles. The van der Waals surface area contributed by atoms with E-state index in [-0.39, 0.29) is 17.6 Å². The third-order valence-corrected chi connectivity index (χ3v) is 6.73. The summed E-state index contributed by atoms with van der Waals surface area (Å²) in [6.07, 6.45) is 3.80. The van der Waals surface area contributed by atoms with Crippen LogP contribution in [0.5, 0.6) is 0 Å². The number of amides is 1. The number of hydrogen-bond donors (Lipinski definition) is 1. The maximum absolute atomic E-state index is 12.3. The summed E-state index contributed by atoms with van der Waals surface area (Å²) in [4.78, 5) is 21.6. The summed E-state index contributed by atoms with van der Waals surface area (Å²) in [7, 11) is 0. The number of nitrogens with zero attached hydrogens (tertiary/aromatic N) is 4. The van der Waals surface area contributed by atoms with Crippen LogP contribution in [-0.2, 0) is 33.7 Å². The Labute approximate surface area is 190 Å². The van der Waals surface area contributed by atoms with Gasteiger partial charge in [-0.3, -0.25) is 9.69 Å². The zero-order valence-electron chi connectivity index (χ0n) is 19.6. The normalized spacial score (nSPS) is 22.9. The van der Waals surface area contributed by atoms with Gasteiger partial charge in [-0.25, -0.2) is 4.98 Å².